The van der Waals surface area contributed by atoms with Crippen LogP contribution in [0.4, 0.5) is 0 Å². The first-order valence-electron chi connectivity index (χ1n) is 33.6. The third-order valence-corrected chi connectivity index (χ3v) is 13.6. The number of imidazole rings is 1. The molecule has 356 valence electrons. The van der Waals surface area contributed by atoms with Gasteiger partial charge in [0.2, 0.25) is 0 Å². The summed E-state index contributed by atoms with van der Waals surface area (Å²) in [5, 5.41) is 1.89. The largest absolute Gasteiger partial charge is 0.509 e. The first-order chi connectivity index (χ1) is 42.9. The van der Waals surface area contributed by atoms with E-state index in [1.165, 1.54) is 18.2 Å². The minimum absolute atomic E-state index is 0. The Bertz CT molecular complexity index is 4880. The fraction of sp³-hybridized carbons (Fsp3) is 0.182. The van der Waals surface area contributed by atoms with E-state index in [2.05, 4.69) is 39.0 Å². The van der Waals surface area contributed by atoms with E-state index in [9.17, 15) is 8.22 Å². The number of para-hydroxylation sites is 3. The molecule has 13 rings (SSSR count). The SMILES string of the molecule is [2H]c1c([2H])c([2H])c(-c2cccc3c2-[n+]2cn(-c4[c-]c(Oc5[c-]c6c(cc5)c5ccccc5n6-c5cc(C(C)(C)C)ccn5)ccc4)c4cccc(c42)-c2ccccc2-c2cc4c(cc2-3)C(C([2H])([2H])[2H])(C([2H])([2H])[2H])C([2H])([2H])C([2H])([2H])C4(C([2H])([2H])[2H])C([2H])([2H])[2H])c([2H])c1[2H].[Pt]. The van der Waals surface area contributed by atoms with E-state index in [1.807, 2.05) is 47.0 Å². The van der Waals surface area contributed by atoms with Crippen LogP contribution in [-0.4, -0.2) is 14.1 Å². The summed E-state index contributed by atoms with van der Waals surface area (Å²) in [6.45, 7) is -9.90. The number of ether oxygens (including phenoxy) is 1. The van der Waals surface area contributed by atoms with Gasteiger partial charge in [0.1, 0.15) is 11.5 Å². The predicted octanol–water partition coefficient (Wildman–Crippen LogP) is 16.4. The number of hydrogen-bond donors (Lipinski definition) is 0. The Morgan fingerprint density at radius 1 is 0.639 bits per heavy atom. The average molecular weight is 1140 g/mol. The van der Waals surface area contributed by atoms with Crippen molar-refractivity contribution in [3.8, 4) is 73.2 Å². The molecule has 8 aromatic carbocycles. The number of nitrogens with zero attached hydrogens (tertiary/aromatic N) is 4. The maximum absolute atomic E-state index is 9.66. The quantitative estimate of drug-likeness (QED) is 0.127. The van der Waals surface area contributed by atoms with Gasteiger partial charge in [-0.3, -0.25) is 0 Å². The Morgan fingerprint density at radius 3 is 2.04 bits per heavy atom. The zero-order valence-electron chi connectivity index (χ0n) is 59.9. The molecule has 1 aliphatic heterocycles. The Morgan fingerprint density at radius 2 is 1.28 bits per heavy atom. The second-order valence-electron chi connectivity index (χ2n) is 19.1. The van der Waals surface area contributed by atoms with Crippen LogP contribution in [0, 0.1) is 12.1 Å². The zero-order chi connectivity index (χ0) is 66.3. The number of aromatic nitrogens is 4. The van der Waals surface area contributed by atoms with Gasteiger partial charge in [-0.1, -0.05) is 157 Å². The smallest absolute Gasteiger partial charge is 0.253 e. The van der Waals surface area contributed by atoms with Gasteiger partial charge in [0.15, 0.2) is 11.0 Å². The molecule has 11 aromatic rings. The van der Waals surface area contributed by atoms with Crippen molar-refractivity contribution >= 4 is 32.8 Å². The molecule has 5 nitrogen and oxygen atoms in total. The van der Waals surface area contributed by atoms with E-state index in [0.29, 0.717) is 44.9 Å². The van der Waals surface area contributed by atoms with Crippen LogP contribution < -0.4 is 9.30 Å². The molecule has 0 radical (unpaired) electrons. The Kier molecular flexibility index (Phi) is 6.58. The molecule has 1 aliphatic carbocycles. The van der Waals surface area contributed by atoms with Gasteiger partial charge in [-0.15, -0.1) is 29.7 Å². The summed E-state index contributed by atoms with van der Waals surface area (Å²) in [4.78, 5) is 4.81. The van der Waals surface area contributed by atoms with Gasteiger partial charge in [0.05, 0.1) is 6.85 Å². The molecule has 0 fully saturated rings. The van der Waals surface area contributed by atoms with E-state index in [1.54, 1.807) is 82.3 Å². The molecule has 0 amide bonds. The van der Waals surface area contributed by atoms with Crippen molar-refractivity contribution < 1.29 is 59.2 Å². The van der Waals surface area contributed by atoms with Crippen molar-refractivity contribution in [2.24, 2.45) is 0 Å². The van der Waals surface area contributed by atoms with Crippen LogP contribution in [0.25, 0.3) is 94.5 Å². The van der Waals surface area contributed by atoms with Crippen LogP contribution in [0.1, 0.15) is 106 Å². The van der Waals surface area contributed by atoms with Gasteiger partial charge in [-0.05, 0) is 121 Å². The molecular weight excluding hydrogens is 1060 g/mol. The van der Waals surface area contributed by atoms with Crippen LogP contribution in [0.15, 0.2) is 182 Å². The summed E-state index contributed by atoms with van der Waals surface area (Å²) in [6.07, 6.45) is -5.25. The van der Waals surface area contributed by atoms with Crippen LogP contribution in [0.2, 0.25) is 0 Å². The van der Waals surface area contributed by atoms with Crippen molar-refractivity contribution in [3.05, 3.63) is 211 Å². The topological polar surface area (TPSA) is 35.9 Å². The Labute approximate surface area is 466 Å². The minimum atomic E-state index is -4.36. The average Bonchev–Trinajstić information content (AvgIpc) is 1.14. The van der Waals surface area contributed by atoms with Crippen molar-refractivity contribution in [2.75, 3.05) is 0 Å². The Balaban J connectivity index is 0.00000832. The summed E-state index contributed by atoms with van der Waals surface area (Å²) in [7, 11) is 0. The third-order valence-electron chi connectivity index (χ3n) is 13.6. The van der Waals surface area contributed by atoms with Gasteiger partial charge >= 0.3 is 0 Å². The molecule has 0 N–H and O–H groups in total. The molecule has 3 aromatic heterocycles. The monoisotopic (exact) mass is 1140 g/mol. The zero-order valence-corrected chi connectivity index (χ0v) is 41.2. The second-order valence-corrected chi connectivity index (χ2v) is 19.1. The number of hydrogen-bond acceptors (Lipinski definition) is 2. The number of fused-ring (bicyclic) bond motifs is 11. The van der Waals surface area contributed by atoms with Crippen molar-refractivity contribution in [1.29, 1.82) is 0 Å². The van der Waals surface area contributed by atoms with Gasteiger partial charge in [0.25, 0.3) is 6.33 Å². The molecule has 4 heterocycles. The summed E-state index contributed by atoms with van der Waals surface area (Å²) in [5.74, 6) is 1.29. The summed E-state index contributed by atoms with van der Waals surface area (Å²) in [6, 6.07) is 42.9. The van der Waals surface area contributed by atoms with E-state index in [4.69, 9.17) is 30.3 Å². The van der Waals surface area contributed by atoms with E-state index in [-0.39, 0.29) is 71.3 Å². The first-order valence-corrected chi connectivity index (χ1v) is 23.1. The normalized spacial score (nSPS) is 20.7. The standard InChI is InChI=1S/C66H55N4O.Pt/c1-64(2,3)43-32-35-67-61(36-43)70-58-28-14-13-24-50(58)51-31-30-46(38-60(51)70)71-45-21-15-20-44(37-45)68-41-69-62-47(42-18-9-8-10-19-42)25-16-26-53(62)55-40-57-56(65(4,5)33-34-66(57,6)7)39-54(55)49-23-12-11-22-48(49)52-27-17-29-59(68)63(52)69;/h8-32,35-36,39-41H,33-34H2,1-7H3;/q-1;/i4D3,5D3,6D3,7D3,8D,9D,10D,18D,19D,33D2,34D2;. The van der Waals surface area contributed by atoms with E-state index >= 15 is 0 Å². The summed E-state index contributed by atoms with van der Waals surface area (Å²) < 4.78 is 205. The Hall–Kier alpha value is -7.33. The van der Waals surface area contributed by atoms with Crippen LogP contribution in [0.3, 0.4) is 0 Å². The van der Waals surface area contributed by atoms with E-state index < -0.39 is 92.3 Å². The van der Waals surface area contributed by atoms with Crippen molar-refractivity contribution in [3.63, 3.8) is 0 Å². The molecule has 0 unspecified atom stereocenters. The third kappa shape index (κ3) is 7.30. The molecule has 0 bridgehead atoms. The van der Waals surface area contributed by atoms with Crippen LogP contribution >= 0.6 is 0 Å². The molecular formula is C66H55N4OPt-. The molecule has 6 heteroatoms. The van der Waals surface area contributed by atoms with E-state index in [0.717, 1.165) is 34.0 Å². The van der Waals surface area contributed by atoms with Crippen LogP contribution in [0.5, 0.6) is 11.5 Å². The minimum Gasteiger partial charge on any atom is -0.509 e. The van der Waals surface area contributed by atoms with Gasteiger partial charge < -0.3 is 9.30 Å². The maximum Gasteiger partial charge on any atom is 0.253 e. The maximum atomic E-state index is 9.66. The van der Waals surface area contributed by atoms with Gasteiger partial charge in [-0.2, -0.15) is 16.7 Å². The van der Waals surface area contributed by atoms with Gasteiger partial charge in [0, 0.05) is 88.6 Å². The fourth-order valence-corrected chi connectivity index (χ4v) is 10.3. The molecule has 0 saturated heterocycles. The molecule has 2 aliphatic rings. The number of pyridine rings is 1. The number of benzene rings is 8. The fourth-order valence-electron chi connectivity index (χ4n) is 10.3. The number of rotatable bonds is 5. The van der Waals surface area contributed by atoms with Crippen molar-refractivity contribution in [2.45, 2.75) is 77.2 Å². The molecule has 0 atom stereocenters. The molecule has 72 heavy (non-hydrogen) atoms. The van der Waals surface area contributed by atoms with Crippen LogP contribution in [-0.2, 0) is 37.3 Å². The summed E-state index contributed by atoms with van der Waals surface area (Å²) >= 11 is 0. The van der Waals surface area contributed by atoms with Gasteiger partial charge in [-0.25, -0.2) is 9.55 Å². The molecule has 0 spiro atoms. The second kappa shape index (κ2) is 16.9. The molecule has 0 saturated carbocycles. The first kappa shape index (κ1) is 28.1. The van der Waals surface area contributed by atoms with Crippen molar-refractivity contribution in [1.82, 2.24) is 14.1 Å². The predicted molar refractivity (Wildman–Crippen MR) is 290 cm³/mol. The summed E-state index contributed by atoms with van der Waals surface area (Å²) in [5.41, 5.74) is -6.01.